The minimum atomic E-state index is -0.0611. The van der Waals surface area contributed by atoms with E-state index in [2.05, 4.69) is 38.1 Å². The van der Waals surface area contributed by atoms with Crippen molar-refractivity contribution in [2.24, 2.45) is 4.99 Å². The van der Waals surface area contributed by atoms with Gasteiger partial charge >= 0.3 is 0 Å². The number of aromatic nitrogens is 3. The van der Waals surface area contributed by atoms with Gasteiger partial charge in [0.25, 0.3) is 5.91 Å². The van der Waals surface area contributed by atoms with Gasteiger partial charge in [-0.1, -0.05) is 19.1 Å². The summed E-state index contributed by atoms with van der Waals surface area (Å²) in [5.74, 6) is 1.65. The van der Waals surface area contributed by atoms with E-state index in [9.17, 15) is 4.79 Å². The largest absolute Gasteiger partial charge is 0.357 e. The Morgan fingerprint density at radius 3 is 2.64 bits per heavy atom. The van der Waals surface area contributed by atoms with Crippen LogP contribution < -0.4 is 16.0 Å². The van der Waals surface area contributed by atoms with Crippen LogP contribution in [0.4, 0.5) is 0 Å². The van der Waals surface area contributed by atoms with Gasteiger partial charge in [-0.2, -0.15) is 0 Å². The number of amides is 1. The van der Waals surface area contributed by atoms with Crippen molar-refractivity contribution < 1.29 is 4.79 Å². The molecule has 1 aromatic heterocycles. The average Bonchev–Trinajstić information content (AvgIpc) is 3.14. The van der Waals surface area contributed by atoms with Gasteiger partial charge in [0.1, 0.15) is 12.2 Å². The van der Waals surface area contributed by atoms with Gasteiger partial charge in [0.2, 0.25) is 0 Å². The highest BCUT2D eigenvalue weighted by Crippen LogP contribution is 2.06. The van der Waals surface area contributed by atoms with Crippen molar-refractivity contribution in [3.05, 3.63) is 47.5 Å². The molecular weight excluding hydrogens is 469 g/mol. The van der Waals surface area contributed by atoms with Crippen LogP contribution in [0.5, 0.6) is 0 Å². The predicted molar refractivity (Wildman–Crippen MR) is 122 cm³/mol. The zero-order valence-corrected chi connectivity index (χ0v) is 19.1. The maximum Gasteiger partial charge on any atom is 0.251 e. The van der Waals surface area contributed by atoms with Crippen LogP contribution in [0.25, 0.3) is 0 Å². The molecule has 0 aliphatic rings. The maximum atomic E-state index is 12.0. The monoisotopic (exact) mass is 499 g/mol. The number of rotatable bonds is 9. The Kier molecular flexibility index (Phi) is 11.2. The number of nitrogens with zero attached hydrogens (tertiary/aromatic N) is 4. The first-order chi connectivity index (χ1) is 13.2. The number of carbonyl (C=O) groups is 1. The van der Waals surface area contributed by atoms with E-state index in [1.54, 1.807) is 6.33 Å². The van der Waals surface area contributed by atoms with Crippen molar-refractivity contribution in [2.75, 3.05) is 19.6 Å². The minimum Gasteiger partial charge on any atom is -0.357 e. The lowest BCUT2D eigenvalue weighted by atomic mass is 10.1. The quantitative estimate of drug-likeness (QED) is 0.279. The number of hydrogen-bond acceptors (Lipinski definition) is 4. The van der Waals surface area contributed by atoms with Crippen LogP contribution in [-0.4, -0.2) is 46.3 Å². The summed E-state index contributed by atoms with van der Waals surface area (Å²) in [4.78, 5) is 16.6. The minimum absolute atomic E-state index is 0. The van der Waals surface area contributed by atoms with Gasteiger partial charge in [-0.15, -0.1) is 34.2 Å². The summed E-state index contributed by atoms with van der Waals surface area (Å²) in [5, 5.41) is 17.4. The summed E-state index contributed by atoms with van der Waals surface area (Å²) in [6, 6.07) is 7.55. The molecule has 0 aliphatic carbocycles. The molecule has 28 heavy (non-hydrogen) atoms. The van der Waals surface area contributed by atoms with Gasteiger partial charge < -0.3 is 20.5 Å². The number of guanidine groups is 1. The van der Waals surface area contributed by atoms with Crippen LogP contribution in [0.15, 0.2) is 35.6 Å². The second kappa shape index (κ2) is 13.1. The molecule has 2 aromatic rings. The molecule has 0 radical (unpaired) electrons. The summed E-state index contributed by atoms with van der Waals surface area (Å²) in [6.45, 7) is 9.37. The number of carbonyl (C=O) groups excluding carboxylic acids is 1. The molecule has 3 N–H and O–H groups in total. The first-order valence-corrected chi connectivity index (χ1v) is 9.43. The molecule has 0 spiro atoms. The molecule has 1 aromatic carbocycles. The van der Waals surface area contributed by atoms with Crippen molar-refractivity contribution >= 4 is 35.8 Å². The van der Waals surface area contributed by atoms with Crippen LogP contribution in [0, 0.1) is 0 Å². The molecule has 0 saturated carbocycles. The summed E-state index contributed by atoms with van der Waals surface area (Å²) in [6.07, 6.45) is 2.60. The third kappa shape index (κ3) is 7.45. The van der Waals surface area contributed by atoms with Crippen molar-refractivity contribution in [1.29, 1.82) is 0 Å². The number of aryl methyl sites for hydroxylation is 1. The molecule has 1 heterocycles. The van der Waals surface area contributed by atoms with Crippen LogP contribution in [-0.2, 0) is 19.5 Å². The van der Waals surface area contributed by atoms with E-state index in [0.717, 1.165) is 43.4 Å². The number of nitrogens with one attached hydrogen (secondary N) is 3. The van der Waals surface area contributed by atoms with Gasteiger partial charge in [-0.25, -0.2) is 4.99 Å². The highest BCUT2D eigenvalue weighted by atomic mass is 127. The van der Waals surface area contributed by atoms with E-state index in [1.165, 1.54) is 0 Å². The smallest absolute Gasteiger partial charge is 0.251 e. The standard InChI is InChI=1S/C19H29N7O.HI/c1-4-17-25-24-14-26(17)11-10-22-19(21-6-3)23-13-15-8-7-9-16(12-15)18(27)20-5-2;/h7-9,12,14H,4-6,10-11,13H2,1-3H3,(H,20,27)(H2,21,22,23);1H. The van der Waals surface area contributed by atoms with Crippen LogP contribution in [0.2, 0.25) is 0 Å². The van der Waals surface area contributed by atoms with Crippen molar-refractivity contribution in [2.45, 2.75) is 40.3 Å². The molecule has 154 valence electrons. The second-order valence-corrected chi connectivity index (χ2v) is 5.98. The zero-order valence-electron chi connectivity index (χ0n) is 16.7. The number of benzene rings is 1. The molecule has 2 rings (SSSR count). The van der Waals surface area contributed by atoms with E-state index in [4.69, 9.17) is 0 Å². The number of hydrogen-bond donors (Lipinski definition) is 3. The molecule has 0 fully saturated rings. The summed E-state index contributed by atoms with van der Waals surface area (Å²) >= 11 is 0. The fraction of sp³-hybridized carbons (Fsp3) is 0.474. The molecule has 0 atom stereocenters. The molecular formula is C19H30IN7O. The first-order valence-electron chi connectivity index (χ1n) is 9.43. The van der Waals surface area contributed by atoms with Crippen LogP contribution in [0.3, 0.4) is 0 Å². The van der Waals surface area contributed by atoms with Gasteiger partial charge in [-0.3, -0.25) is 4.79 Å². The Morgan fingerprint density at radius 2 is 1.93 bits per heavy atom. The Bertz CT molecular complexity index is 760. The fourth-order valence-corrected chi connectivity index (χ4v) is 2.62. The van der Waals surface area contributed by atoms with E-state index >= 15 is 0 Å². The summed E-state index contributed by atoms with van der Waals surface area (Å²) < 4.78 is 2.03. The van der Waals surface area contributed by atoms with Crippen molar-refractivity contribution in [3.8, 4) is 0 Å². The summed E-state index contributed by atoms with van der Waals surface area (Å²) in [5.41, 5.74) is 1.64. The van der Waals surface area contributed by atoms with Crippen LogP contribution >= 0.6 is 24.0 Å². The Hall–Kier alpha value is -2.17. The molecule has 1 amide bonds. The van der Waals surface area contributed by atoms with Gasteiger partial charge in [-0.05, 0) is 31.5 Å². The van der Waals surface area contributed by atoms with Gasteiger partial charge in [0.15, 0.2) is 5.96 Å². The second-order valence-electron chi connectivity index (χ2n) is 5.98. The lowest BCUT2D eigenvalue weighted by molar-refractivity contribution is 0.0955. The maximum absolute atomic E-state index is 12.0. The first kappa shape index (κ1) is 23.9. The Labute approximate surface area is 183 Å². The average molecular weight is 499 g/mol. The fourth-order valence-electron chi connectivity index (χ4n) is 2.62. The normalized spacial score (nSPS) is 10.9. The predicted octanol–water partition coefficient (Wildman–Crippen LogP) is 1.96. The van der Waals surface area contributed by atoms with Crippen molar-refractivity contribution in [3.63, 3.8) is 0 Å². The van der Waals surface area contributed by atoms with E-state index < -0.39 is 0 Å². The van der Waals surface area contributed by atoms with E-state index in [-0.39, 0.29) is 29.9 Å². The molecule has 9 heteroatoms. The van der Waals surface area contributed by atoms with Gasteiger partial charge in [0, 0.05) is 38.2 Å². The van der Waals surface area contributed by atoms with E-state index in [0.29, 0.717) is 18.7 Å². The molecule has 8 nitrogen and oxygen atoms in total. The third-order valence-electron chi connectivity index (χ3n) is 3.95. The molecule has 0 saturated heterocycles. The Morgan fingerprint density at radius 1 is 1.14 bits per heavy atom. The van der Waals surface area contributed by atoms with Crippen LogP contribution in [0.1, 0.15) is 42.5 Å². The number of halogens is 1. The van der Waals surface area contributed by atoms with Crippen molar-refractivity contribution in [1.82, 2.24) is 30.7 Å². The molecule has 0 aliphatic heterocycles. The number of aliphatic imine (C=N–C) groups is 1. The highest BCUT2D eigenvalue weighted by Gasteiger charge is 2.05. The molecule has 0 bridgehead atoms. The third-order valence-corrected chi connectivity index (χ3v) is 3.95. The van der Waals surface area contributed by atoms with E-state index in [1.807, 2.05) is 42.7 Å². The van der Waals surface area contributed by atoms with Gasteiger partial charge in [0.05, 0.1) is 6.54 Å². The zero-order chi connectivity index (χ0) is 19.5. The summed E-state index contributed by atoms with van der Waals surface area (Å²) in [7, 11) is 0. The Balaban J connectivity index is 0.00000392. The molecule has 0 unspecified atom stereocenters. The lowest BCUT2D eigenvalue weighted by Crippen LogP contribution is -2.38. The topological polar surface area (TPSA) is 96.2 Å². The lowest BCUT2D eigenvalue weighted by Gasteiger charge is -2.12. The SMILES string of the molecule is CCNC(=O)c1cccc(CN=C(NCC)NCCn2cnnc2CC)c1.I. The highest BCUT2D eigenvalue weighted by molar-refractivity contribution is 14.0.